The second-order valence-electron chi connectivity index (χ2n) is 3.03. The SMILES string of the molecule is COCCN(C)S(=O)(=O)CCCCCl. The smallest absolute Gasteiger partial charge is 0.213 e. The Morgan fingerprint density at radius 1 is 1.36 bits per heavy atom. The van der Waals surface area contributed by atoms with Crippen molar-refractivity contribution in [1.82, 2.24) is 4.31 Å². The van der Waals surface area contributed by atoms with E-state index in [2.05, 4.69) is 0 Å². The van der Waals surface area contributed by atoms with Crippen LogP contribution in [0.5, 0.6) is 0 Å². The van der Waals surface area contributed by atoms with Gasteiger partial charge in [0.1, 0.15) is 0 Å². The Balaban J connectivity index is 3.91. The molecule has 0 aromatic heterocycles. The summed E-state index contributed by atoms with van der Waals surface area (Å²) in [5.41, 5.74) is 0. The molecule has 14 heavy (non-hydrogen) atoms. The summed E-state index contributed by atoms with van der Waals surface area (Å²) in [6.45, 7) is 0.824. The van der Waals surface area contributed by atoms with E-state index in [-0.39, 0.29) is 5.75 Å². The number of halogens is 1. The standard InChI is InChI=1S/C8H18ClNO3S/c1-10(6-7-13-2)14(11,12)8-4-3-5-9/h3-8H2,1-2H3. The Morgan fingerprint density at radius 3 is 2.50 bits per heavy atom. The zero-order valence-electron chi connectivity index (χ0n) is 8.70. The quantitative estimate of drug-likeness (QED) is 0.470. The van der Waals surface area contributed by atoms with Gasteiger partial charge in [-0.3, -0.25) is 0 Å². The van der Waals surface area contributed by atoms with E-state index in [0.29, 0.717) is 25.5 Å². The van der Waals surface area contributed by atoms with Crippen molar-refractivity contribution in [2.75, 3.05) is 38.9 Å². The minimum atomic E-state index is -3.11. The van der Waals surface area contributed by atoms with Crippen molar-refractivity contribution < 1.29 is 13.2 Å². The molecule has 0 fully saturated rings. The zero-order valence-corrected chi connectivity index (χ0v) is 10.3. The molecule has 0 spiro atoms. The summed E-state index contributed by atoms with van der Waals surface area (Å²) < 4.78 is 29.2. The van der Waals surface area contributed by atoms with Crippen LogP contribution in [0, 0.1) is 0 Å². The topological polar surface area (TPSA) is 46.6 Å². The molecule has 6 heteroatoms. The molecule has 0 unspecified atom stereocenters. The lowest BCUT2D eigenvalue weighted by Gasteiger charge is -2.16. The molecule has 4 nitrogen and oxygen atoms in total. The van der Waals surface area contributed by atoms with Gasteiger partial charge in [0.15, 0.2) is 0 Å². The minimum absolute atomic E-state index is 0.167. The van der Waals surface area contributed by atoms with Crippen LogP contribution in [0.2, 0.25) is 0 Å². The van der Waals surface area contributed by atoms with E-state index < -0.39 is 10.0 Å². The highest BCUT2D eigenvalue weighted by atomic mass is 35.5. The summed E-state index contributed by atoms with van der Waals surface area (Å²) in [6, 6.07) is 0. The van der Waals surface area contributed by atoms with Crippen molar-refractivity contribution in [3.05, 3.63) is 0 Å². The Labute approximate surface area is 91.2 Å². The van der Waals surface area contributed by atoms with Gasteiger partial charge < -0.3 is 4.74 Å². The number of methoxy groups -OCH3 is 1. The molecule has 86 valence electrons. The molecule has 0 radical (unpaired) electrons. The maximum atomic E-state index is 11.5. The molecule has 0 rings (SSSR count). The van der Waals surface area contributed by atoms with E-state index >= 15 is 0 Å². The van der Waals surface area contributed by atoms with Crippen LogP contribution in [0.1, 0.15) is 12.8 Å². The van der Waals surface area contributed by atoms with Gasteiger partial charge in [0.05, 0.1) is 12.4 Å². The summed E-state index contributed by atoms with van der Waals surface area (Å²) in [5, 5.41) is 0. The second kappa shape index (κ2) is 7.45. The molecule has 0 aromatic rings. The largest absolute Gasteiger partial charge is 0.383 e. The van der Waals surface area contributed by atoms with Gasteiger partial charge in [-0.2, -0.15) is 0 Å². The Bertz CT molecular complexity index is 231. The van der Waals surface area contributed by atoms with Crippen molar-refractivity contribution in [2.24, 2.45) is 0 Å². The van der Waals surface area contributed by atoms with Gasteiger partial charge >= 0.3 is 0 Å². The molecular weight excluding hydrogens is 226 g/mol. The van der Waals surface area contributed by atoms with E-state index in [1.807, 2.05) is 0 Å². The molecule has 0 N–H and O–H groups in total. The van der Waals surface area contributed by atoms with E-state index in [4.69, 9.17) is 16.3 Å². The predicted octanol–water partition coefficient (Wildman–Crippen LogP) is 0.913. The molecule has 0 aromatic carbocycles. The van der Waals surface area contributed by atoms with Crippen molar-refractivity contribution in [3.63, 3.8) is 0 Å². The van der Waals surface area contributed by atoms with Crippen molar-refractivity contribution in [1.29, 1.82) is 0 Å². The first kappa shape index (κ1) is 14.2. The highest BCUT2D eigenvalue weighted by Crippen LogP contribution is 2.02. The first-order chi connectivity index (χ1) is 6.54. The molecule has 0 aliphatic carbocycles. The molecule has 0 atom stereocenters. The molecule has 0 bridgehead atoms. The van der Waals surface area contributed by atoms with Crippen LogP contribution in [0.25, 0.3) is 0 Å². The van der Waals surface area contributed by atoms with Gasteiger partial charge in [0.25, 0.3) is 0 Å². The summed E-state index contributed by atoms with van der Waals surface area (Å²) in [6.07, 6.45) is 1.35. The van der Waals surface area contributed by atoms with E-state index in [0.717, 1.165) is 6.42 Å². The average Bonchev–Trinajstić information content (AvgIpc) is 2.14. The molecule has 0 amide bonds. The number of rotatable bonds is 8. The first-order valence-electron chi connectivity index (χ1n) is 4.53. The van der Waals surface area contributed by atoms with Crippen molar-refractivity contribution in [2.45, 2.75) is 12.8 Å². The summed E-state index contributed by atoms with van der Waals surface area (Å²) in [5.74, 6) is 0.678. The maximum absolute atomic E-state index is 11.5. The molecule has 0 saturated carbocycles. The van der Waals surface area contributed by atoms with E-state index in [9.17, 15) is 8.42 Å². The normalized spacial score (nSPS) is 12.3. The monoisotopic (exact) mass is 243 g/mol. The van der Waals surface area contributed by atoms with Gasteiger partial charge in [0, 0.05) is 26.6 Å². The third kappa shape index (κ3) is 5.80. The molecule has 0 heterocycles. The number of hydrogen-bond donors (Lipinski definition) is 0. The minimum Gasteiger partial charge on any atom is -0.383 e. The van der Waals surface area contributed by atoms with Crippen LogP contribution in [-0.2, 0) is 14.8 Å². The fourth-order valence-electron chi connectivity index (χ4n) is 0.894. The Morgan fingerprint density at radius 2 is 2.00 bits per heavy atom. The fourth-order valence-corrected chi connectivity index (χ4v) is 2.32. The highest BCUT2D eigenvalue weighted by molar-refractivity contribution is 7.89. The van der Waals surface area contributed by atoms with Crippen LogP contribution in [0.4, 0.5) is 0 Å². The second-order valence-corrected chi connectivity index (χ2v) is 5.60. The van der Waals surface area contributed by atoms with Crippen LogP contribution >= 0.6 is 11.6 Å². The summed E-state index contributed by atoms with van der Waals surface area (Å²) in [4.78, 5) is 0. The third-order valence-corrected chi connectivity index (χ3v) is 4.08. The third-order valence-electron chi connectivity index (χ3n) is 1.87. The van der Waals surface area contributed by atoms with Gasteiger partial charge in [-0.25, -0.2) is 12.7 Å². The lowest BCUT2D eigenvalue weighted by molar-refractivity contribution is 0.185. The average molecular weight is 244 g/mol. The number of alkyl halides is 1. The van der Waals surface area contributed by atoms with Crippen molar-refractivity contribution in [3.8, 4) is 0 Å². The molecule has 0 aliphatic rings. The lowest BCUT2D eigenvalue weighted by Crippen LogP contribution is -2.32. The molecule has 0 aliphatic heterocycles. The van der Waals surface area contributed by atoms with Crippen molar-refractivity contribution >= 4 is 21.6 Å². The van der Waals surface area contributed by atoms with Crippen LogP contribution in [-0.4, -0.2) is 51.7 Å². The van der Waals surface area contributed by atoms with Gasteiger partial charge in [-0.15, -0.1) is 11.6 Å². The van der Waals surface area contributed by atoms with Crippen LogP contribution < -0.4 is 0 Å². The van der Waals surface area contributed by atoms with Gasteiger partial charge in [-0.05, 0) is 12.8 Å². The fraction of sp³-hybridized carbons (Fsp3) is 1.00. The molecule has 0 saturated heterocycles. The van der Waals surface area contributed by atoms with Crippen LogP contribution in [0.3, 0.4) is 0 Å². The number of unbranched alkanes of at least 4 members (excludes halogenated alkanes) is 1. The maximum Gasteiger partial charge on any atom is 0.213 e. The Hall–Kier alpha value is 0.160. The Kier molecular flexibility index (Phi) is 7.54. The number of sulfonamides is 1. The summed E-state index contributed by atoms with van der Waals surface area (Å²) in [7, 11) is 0.00401. The number of ether oxygens (including phenoxy) is 1. The van der Waals surface area contributed by atoms with E-state index in [1.165, 1.54) is 4.31 Å². The predicted molar refractivity (Wildman–Crippen MR) is 58.2 cm³/mol. The van der Waals surface area contributed by atoms with Crippen LogP contribution in [0.15, 0.2) is 0 Å². The zero-order chi connectivity index (χ0) is 11.0. The summed E-state index contributed by atoms with van der Waals surface area (Å²) >= 11 is 5.47. The number of nitrogens with zero attached hydrogens (tertiary/aromatic N) is 1. The van der Waals surface area contributed by atoms with Gasteiger partial charge in [-0.1, -0.05) is 0 Å². The number of likely N-dealkylation sites (N-methyl/N-ethyl adjacent to an activating group) is 1. The molecular formula is C8H18ClNO3S. The highest BCUT2D eigenvalue weighted by Gasteiger charge is 2.16. The first-order valence-corrected chi connectivity index (χ1v) is 6.68. The van der Waals surface area contributed by atoms with E-state index in [1.54, 1.807) is 14.2 Å². The number of hydrogen-bond acceptors (Lipinski definition) is 3. The van der Waals surface area contributed by atoms with Gasteiger partial charge in [0.2, 0.25) is 10.0 Å². The lowest BCUT2D eigenvalue weighted by atomic mass is 10.4.